The lowest BCUT2D eigenvalue weighted by Gasteiger charge is -2.02. The van der Waals surface area contributed by atoms with E-state index in [4.69, 9.17) is 27.9 Å². The molecule has 0 saturated carbocycles. The topological polar surface area (TPSA) is 56.5 Å². The van der Waals surface area contributed by atoms with Crippen LogP contribution in [0.2, 0.25) is 8.67 Å². The van der Waals surface area contributed by atoms with E-state index >= 15 is 0 Å². The second kappa shape index (κ2) is 5.05. The molecule has 0 atom stereocenters. The molecule has 3 aromatic heterocycles. The van der Waals surface area contributed by atoms with Gasteiger partial charge in [0.1, 0.15) is 4.34 Å². The van der Waals surface area contributed by atoms with Gasteiger partial charge in [0, 0.05) is 6.20 Å². The van der Waals surface area contributed by atoms with Crippen LogP contribution in [0.15, 0.2) is 24.4 Å². The number of fused-ring (bicyclic) bond motifs is 1. The Morgan fingerprint density at radius 2 is 2.15 bits per heavy atom. The third-order valence-electron chi connectivity index (χ3n) is 2.72. The van der Waals surface area contributed by atoms with Gasteiger partial charge < -0.3 is 4.74 Å². The van der Waals surface area contributed by atoms with Crippen LogP contribution in [0.4, 0.5) is 0 Å². The number of methoxy groups -OCH3 is 1. The summed E-state index contributed by atoms with van der Waals surface area (Å²) in [7, 11) is 1.33. The van der Waals surface area contributed by atoms with Crippen molar-refractivity contribution in [3.63, 3.8) is 0 Å². The maximum atomic E-state index is 11.6. The number of ether oxygens (including phenoxy) is 1. The van der Waals surface area contributed by atoms with Gasteiger partial charge in [-0.15, -0.1) is 21.5 Å². The quantitative estimate of drug-likeness (QED) is 0.675. The van der Waals surface area contributed by atoms with Crippen molar-refractivity contribution in [1.29, 1.82) is 0 Å². The lowest BCUT2D eigenvalue weighted by atomic mass is 10.2. The van der Waals surface area contributed by atoms with E-state index in [-0.39, 0.29) is 0 Å². The molecule has 0 bridgehead atoms. The van der Waals surface area contributed by atoms with Gasteiger partial charge >= 0.3 is 5.97 Å². The fraction of sp³-hybridized carbons (Fsp3) is 0.0833. The third-order valence-corrected chi connectivity index (χ3v) is 4.21. The van der Waals surface area contributed by atoms with Crippen LogP contribution in [-0.2, 0) is 4.74 Å². The van der Waals surface area contributed by atoms with E-state index in [1.54, 1.807) is 28.8 Å². The maximum Gasteiger partial charge on any atom is 0.339 e. The Balaban J connectivity index is 2.21. The van der Waals surface area contributed by atoms with E-state index in [0.29, 0.717) is 31.3 Å². The zero-order valence-corrected chi connectivity index (χ0v) is 12.5. The predicted molar refractivity (Wildman–Crippen MR) is 77.7 cm³/mol. The number of hydrogen-bond donors (Lipinski definition) is 0. The summed E-state index contributed by atoms with van der Waals surface area (Å²) in [5.41, 5.74) is 1.68. The third kappa shape index (κ3) is 2.15. The Hall–Kier alpha value is -1.63. The molecule has 3 aromatic rings. The number of thiophene rings is 1. The van der Waals surface area contributed by atoms with E-state index in [0.717, 1.165) is 0 Å². The van der Waals surface area contributed by atoms with Gasteiger partial charge in [-0.3, -0.25) is 4.40 Å². The van der Waals surface area contributed by atoms with Gasteiger partial charge in [0.05, 0.1) is 22.6 Å². The van der Waals surface area contributed by atoms with Crippen molar-refractivity contribution < 1.29 is 9.53 Å². The van der Waals surface area contributed by atoms with E-state index in [9.17, 15) is 4.79 Å². The van der Waals surface area contributed by atoms with Gasteiger partial charge in [0.2, 0.25) is 0 Å². The Bertz CT molecular complexity index is 812. The molecule has 0 aromatic carbocycles. The minimum absolute atomic E-state index is 0.401. The molecule has 0 aliphatic rings. The molecule has 0 saturated heterocycles. The van der Waals surface area contributed by atoms with E-state index in [1.165, 1.54) is 18.4 Å². The predicted octanol–water partition coefficient (Wildman–Crippen LogP) is 3.55. The fourth-order valence-electron chi connectivity index (χ4n) is 1.81. The number of pyridine rings is 1. The fourth-order valence-corrected chi connectivity index (χ4v) is 3.26. The van der Waals surface area contributed by atoms with Crippen LogP contribution < -0.4 is 0 Å². The van der Waals surface area contributed by atoms with Crippen molar-refractivity contribution in [3.8, 4) is 11.4 Å². The van der Waals surface area contributed by atoms with Crippen LogP contribution in [0.3, 0.4) is 0 Å². The van der Waals surface area contributed by atoms with Crippen molar-refractivity contribution in [1.82, 2.24) is 14.6 Å². The second-order valence-corrected chi connectivity index (χ2v) is 6.18. The number of hydrogen-bond acceptors (Lipinski definition) is 5. The Morgan fingerprint density at radius 1 is 1.35 bits per heavy atom. The van der Waals surface area contributed by atoms with E-state index in [1.807, 2.05) is 0 Å². The molecule has 102 valence electrons. The normalized spacial score (nSPS) is 10.9. The number of halogens is 2. The van der Waals surface area contributed by atoms with Crippen molar-refractivity contribution in [2.75, 3.05) is 7.11 Å². The first-order valence-corrected chi connectivity index (χ1v) is 7.05. The van der Waals surface area contributed by atoms with E-state index < -0.39 is 5.97 Å². The SMILES string of the molecule is COC(=O)c1ccc2nnc(-c3cc(Cl)sc3Cl)n2c1. The minimum Gasteiger partial charge on any atom is -0.465 e. The van der Waals surface area contributed by atoms with Gasteiger partial charge in [-0.05, 0) is 18.2 Å². The minimum atomic E-state index is -0.430. The molecule has 3 heterocycles. The average Bonchev–Trinajstić information content (AvgIpc) is 2.99. The molecule has 0 unspecified atom stereocenters. The summed E-state index contributed by atoms with van der Waals surface area (Å²) in [6.07, 6.45) is 1.61. The highest BCUT2D eigenvalue weighted by molar-refractivity contribution is 7.20. The smallest absolute Gasteiger partial charge is 0.339 e. The van der Waals surface area contributed by atoms with Crippen molar-refractivity contribution in [3.05, 3.63) is 38.6 Å². The number of carbonyl (C=O) groups excluding carboxylic acids is 1. The molecule has 0 N–H and O–H groups in total. The number of esters is 1. The van der Waals surface area contributed by atoms with Gasteiger partial charge in [-0.1, -0.05) is 23.2 Å². The van der Waals surface area contributed by atoms with Crippen LogP contribution in [-0.4, -0.2) is 27.7 Å². The van der Waals surface area contributed by atoms with E-state index in [2.05, 4.69) is 10.2 Å². The summed E-state index contributed by atoms with van der Waals surface area (Å²) in [5, 5.41) is 8.13. The van der Waals surface area contributed by atoms with Crippen LogP contribution in [0.25, 0.3) is 17.0 Å². The van der Waals surface area contributed by atoms with Crippen molar-refractivity contribution in [2.45, 2.75) is 0 Å². The molecule has 0 spiro atoms. The van der Waals surface area contributed by atoms with Gasteiger partial charge in [0.15, 0.2) is 11.5 Å². The first-order valence-electron chi connectivity index (χ1n) is 5.48. The monoisotopic (exact) mass is 327 g/mol. The molecular formula is C12H7Cl2N3O2S. The molecular weight excluding hydrogens is 321 g/mol. The van der Waals surface area contributed by atoms with Crippen LogP contribution >= 0.6 is 34.5 Å². The summed E-state index contributed by atoms with van der Waals surface area (Å²) >= 11 is 13.3. The van der Waals surface area contributed by atoms with Crippen LogP contribution in [0.1, 0.15) is 10.4 Å². The molecule has 20 heavy (non-hydrogen) atoms. The number of aromatic nitrogens is 3. The molecule has 8 heteroatoms. The van der Waals surface area contributed by atoms with Gasteiger partial charge in [0.25, 0.3) is 0 Å². The zero-order chi connectivity index (χ0) is 14.3. The number of nitrogens with zero attached hydrogens (tertiary/aromatic N) is 3. The summed E-state index contributed by atoms with van der Waals surface area (Å²) in [6, 6.07) is 5.03. The zero-order valence-electron chi connectivity index (χ0n) is 10.1. The largest absolute Gasteiger partial charge is 0.465 e. The first kappa shape index (κ1) is 13.4. The van der Waals surface area contributed by atoms with Crippen LogP contribution in [0.5, 0.6) is 0 Å². The molecule has 5 nitrogen and oxygen atoms in total. The summed E-state index contributed by atoms with van der Waals surface area (Å²) in [5.74, 6) is 0.0971. The highest BCUT2D eigenvalue weighted by Crippen LogP contribution is 2.37. The standard InChI is InChI=1S/C12H7Cl2N3O2S/c1-19-12(18)6-2-3-9-15-16-11(17(9)5-6)7-4-8(13)20-10(7)14/h2-5H,1H3. The molecule has 3 rings (SSSR count). The van der Waals surface area contributed by atoms with Gasteiger partial charge in [-0.25, -0.2) is 4.79 Å². The second-order valence-electron chi connectivity index (χ2n) is 3.90. The summed E-state index contributed by atoms with van der Waals surface area (Å²) in [4.78, 5) is 11.6. The van der Waals surface area contributed by atoms with Gasteiger partial charge in [-0.2, -0.15) is 0 Å². The summed E-state index contributed by atoms with van der Waals surface area (Å²) in [6.45, 7) is 0. The van der Waals surface area contributed by atoms with Crippen molar-refractivity contribution in [2.24, 2.45) is 0 Å². The highest BCUT2D eigenvalue weighted by atomic mass is 35.5. The molecule has 0 fully saturated rings. The summed E-state index contributed by atoms with van der Waals surface area (Å²) < 4.78 is 7.46. The lowest BCUT2D eigenvalue weighted by molar-refractivity contribution is 0.0600. The molecule has 0 amide bonds. The number of carbonyl (C=O) groups is 1. The Labute approximate surface area is 127 Å². The molecule has 0 radical (unpaired) electrons. The van der Waals surface area contributed by atoms with Crippen molar-refractivity contribution >= 4 is 46.2 Å². The van der Waals surface area contributed by atoms with Crippen LogP contribution in [0, 0.1) is 0 Å². The Kier molecular flexibility index (Phi) is 3.37. The number of rotatable bonds is 2. The average molecular weight is 328 g/mol. The highest BCUT2D eigenvalue weighted by Gasteiger charge is 2.16. The lowest BCUT2D eigenvalue weighted by Crippen LogP contribution is -2.03. The Morgan fingerprint density at radius 3 is 2.80 bits per heavy atom. The molecule has 0 aliphatic heterocycles. The maximum absolute atomic E-state index is 11.6. The first-order chi connectivity index (χ1) is 9.60. The molecule has 0 aliphatic carbocycles.